The van der Waals surface area contributed by atoms with E-state index in [1.54, 1.807) is 6.92 Å². The van der Waals surface area contributed by atoms with Crippen LogP contribution in [0.15, 0.2) is 0 Å². The number of aliphatic carboxylic acids is 1. The van der Waals surface area contributed by atoms with Gasteiger partial charge in [0.2, 0.25) is 5.91 Å². The van der Waals surface area contributed by atoms with Crippen molar-refractivity contribution in [3.63, 3.8) is 0 Å². The van der Waals surface area contributed by atoms with Crippen molar-refractivity contribution in [1.82, 2.24) is 5.32 Å². The summed E-state index contributed by atoms with van der Waals surface area (Å²) in [5.74, 6) is -1.33. The summed E-state index contributed by atoms with van der Waals surface area (Å²) in [6.45, 7) is 1.51. The molecule has 13 heavy (non-hydrogen) atoms. The number of carboxylic acid groups (broad SMARTS) is 1. The molecule has 0 aromatic heterocycles. The van der Waals surface area contributed by atoms with Gasteiger partial charge in [0.25, 0.3) is 0 Å². The van der Waals surface area contributed by atoms with Gasteiger partial charge in [0.15, 0.2) is 0 Å². The van der Waals surface area contributed by atoms with Crippen LogP contribution in [-0.2, 0) is 9.59 Å². The molecule has 0 aliphatic heterocycles. The number of carboxylic acids is 1. The van der Waals surface area contributed by atoms with Crippen molar-refractivity contribution < 1.29 is 14.7 Å². The molecule has 0 radical (unpaired) electrons. The highest BCUT2D eigenvalue weighted by Crippen LogP contribution is 2.39. The van der Waals surface area contributed by atoms with Crippen LogP contribution in [0.2, 0.25) is 0 Å². The van der Waals surface area contributed by atoms with Crippen LogP contribution in [0, 0.1) is 5.92 Å². The van der Waals surface area contributed by atoms with Gasteiger partial charge in [0.05, 0.1) is 6.54 Å². The average molecular weight is 186 g/mol. The van der Waals surface area contributed by atoms with E-state index in [0.717, 1.165) is 12.8 Å². The lowest BCUT2D eigenvalue weighted by atomic mass is 9.96. The lowest BCUT2D eigenvalue weighted by Gasteiger charge is -2.25. The van der Waals surface area contributed by atoms with Gasteiger partial charge in [-0.25, -0.2) is 0 Å². The zero-order valence-electron chi connectivity index (χ0n) is 7.54. The highest BCUT2D eigenvalue weighted by atomic mass is 16.4. The SMILES string of the molecule is CC(NCC(N)=O)(C(=O)O)C1CC1. The summed E-state index contributed by atoms with van der Waals surface area (Å²) in [7, 11) is 0. The van der Waals surface area contributed by atoms with Gasteiger partial charge in [-0.1, -0.05) is 0 Å². The maximum atomic E-state index is 10.9. The maximum absolute atomic E-state index is 10.9. The van der Waals surface area contributed by atoms with Gasteiger partial charge in [-0.3, -0.25) is 14.9 Å². The normalized spacial score (nSPS) is 20.7. The minimum Gasteiger partial charge on any atom is -0.480 e. The molecule has 0 heterocycles. The quantitative estimate of drug-likeness (QED) is 0.530. The largest absolute Gasteiger partial charge is 0.480 e. The van der Waals surface area contributed by atoms with Crippen molar-refractivity contribution in [3.05, 3.63) is 0 Å². The van der Waals surface area contributed by atoms with Gasteiger partial charge in [0.1, 0.15) is 5.54 Å². The zero-order valence-corrected chi connectivity index (χ0v) is 7.54. The van der Waals surface area contributed by atoms with Crippen molar-refractivity contribution in [3.8, 4) is 0 Å². The Bertz CT molecular complexity index is 238. The molecule has 0 bridgehead atoms. The third-order valence-corrected chi connectivity index (χ3v) is 2.47. The van der Waals surface area contributed by atoms with Crippen LogP contribution >= 0.6 is 0 Å². The topological polar surface area (TPSA) is 92.4 Å². The number of nitrogens with two attached hydrogens (primary N) is 1. The molecule has 74 valence electrons. The molecule has 4 N–H and O–H groups in total. The molecule has 0 aromatic carbocycles. The molecule has 5 heteroatoms. The summed E-state index contributed by atoms with van der Waals surface area (Å²) in [6, 6.07) is 0. The monoisotopic (exact) mass is 186 g/mol. The molecule has 1 rings (SSSR count). The number of hydrogen-bond acceptors (Lipinski definition) is 3. The van der Waals surface area contributed by atoms with E-state index in [1.807, 2.05) is 0 Å². The van der Waals surface area contributed by atoms with Crippen LogP contribution in [0.4, 0.5) is 0 Å². The van der Waals surface area contributed by atoms with Crippen LogP contribution in [0.1, 0.15) is 19.8 Å². The number of rotatable bonds is 5. The third kappa shape index (κ3) is 2.18. The second kappa shape index (κ2) is 3.33. The summed E-state index contributed by atoms with van der Waals surface area (Å²) >= 11 is 0. The number of carbonyl (C=O) groups excluding carboxylic acids is 1. The van der Waals surface area contributed by atoms with Gasteiger partial charge in [-0.15, -0.1) is 0 Å². The van der Waals surface area contributed by atoms with E-state index in [-0.39, 0.29) is 12.5 Å². The fourth-order valence-electron chi connectivity index (χ4n) is 1.33. The predicted molar refractivity (Wildman–Crippen MR) is 46.0 cm³/mol. The molecule has 1 atom stereocenters. The minimum atomic E-state index is -0.991. The molecular weight excluding hydrogens is 172 g/mol. The number of hydrogen-bond donors (Lipinski definition) is 3. The molecular formula is C8H14N2O3. The van der Waals surface area contributed by atoms with E-state index < -0.39 is 17.4 Å². The first-order valence-corrected chi connectivity index (χ1v) is 4.23. The summed E-state index contributed by atoms with van der Waals surface area (Å²) in [5.41, 5.74) is 3.93. The first kappa shape index (κ1) is 9.98. The van der Waals surface area contributed by atoms with E-state index in [0.29, 0.717) is 0 Å². The fourth-order valence-corrected chi connectivity index (χ4v) is 1.33. The van der Waals surface area contributed by atoms with Gasteiger partial charge >= 0.3 is 5.97 Å². The van der Waals surface area contributed by atoms with Gasteiger partial charge in [0, 0.05) is 0 Å². The summed E-state index contributed by atoms with van der Waals surface area (Å²) < 4.78 is 0. The summed E-state index contributed by atoms with van der Waals surface area (Å²) in [4.78, 5) is 21.4. The van der Waals surface area contributed by atoms with Crippen molar-refractivity contribution >= 4 is 11.9 Å². The Morgan fingerprint density at radius 3 is 2.46 bits per heavy atom. The van der Waals surface area contributed by atoms with Crippen LogP contribution in [-0.4, -0.2) is 29.1 Å². The van der Waals surface area contributed by atoms with Gasteiger partial charge in [-0.2, -0.15) is 0 Å². The number of amides is 1. The van der Waals surface area contributed by atoms with E-state index in [9.17, 15) is 9.59 Å². The van der Waals surface area contributed by atoms with E-state index in [4.69, 9.17) is 10.8 Å². The fraction of sp³-hybridized carbons (Fsp3) is 0.750. The number of carbonyl (C=O) groups is 2. The van der Waals surface area contributed by atoms with Crippen molar-refractivity contribution in [2.75, 3.05) is 6.54 Å². The van der Waals surface area contributed by atoms with Crippen LogP contribution in [0.5, 0.6) is 0 Å². The zero-order chi connectivity index (χ0) is 10.1. The molecule has 1 aliphatic rings. The van der Waals surface area contributed by atoms with Crippen molar-refractivity contribution in [1.29, 1.82) is 0 Å². The molecule has 0 spiro atoms. The molecule has 1 amide bonds. The smallest absolute Gasteiger partial charge is 0.323 e. The van der Waals surface area contributed by atoms with Gasteiger partial charge in [-0.05, 0) is 25.7 Å². The van der Waals surface area contributed by atoms with Crippen molar-refractivity contribution in [2.45, 2.75) is 25.3 Å². The first-order valence-electron chi connectivity index (χ1n) is 4.23. The predicted octanol–water partition coefficient (Wildman–Crippen LogP) is -0.685. The average Bonchev–Trinajstić information content (AvgIpc) is 2.81. The summed E-state index contributed by atoms with van der Waals surface area (Å²) in [6.07, 6.45) is 1.79. The Hall–Kier alpha value is -1.10. The molecule has 0 saturated heterocycles. The Kier molecular flexibility index (Phi) is 2.56. The second-order valence-corrected chi connectivity index (χ2v) is 3.60. The van der Waals surface area contributed by atoms with Crippen LogP contribution in [0.25, 0.3) is 0 Å². The molecule has 5 nitrogen and oxygen atoms in total. The lowest BCUT2D eigenvalue weighted by molar-refractivity contribution is -0.145. The first-order chi connectivity index (χ1) is 5.97. The number of nitrogens with one attached hydrogen (secondary N) is 1. The van der Waals surface area contributed by atoms with E-state index in [1.165, 1.54) is 0 Å². The minimum absolute atomic E-state index is 0.0840. The molecule has 1 aliphatic carbocycles. The second-order valence-electron chi connectivity index (χ2n) is 3.60. The molecule has 1 unspecified atom stereocenters. The standard InChI is InChI=1S/C8H14N2O3/c1-8(7(12)13,5-2-3-5)10-4-6(9)11/h5,10H,2-4H2,1H3,(H2,9,11)(H,12,13). The third-order valence-electron chi connectivity index (χ3n) is 2.47. The van der Waals surface area contributed by atoms with Crippen LogP contribution < -0.4 is 11.1 Å². The van der Waals surface area contributed by atoms with Crippen molar-refractivity contribution in [2.24, 2.45) is 11.7 Å². The van der Waals surface area contributed by atoms with E-state index >= 15 is 0 Å². The summed E-state index contributed by atoms with van der Waals surface area (Å²) in [5, 5.41) is 11.6. The highest BCUT2D eigenvalue weighted by molar-refractivity contribution is 5.81. The maximum Gasteiger partial charge on any atom is 0.323 e. The lowest BCUT2D eigenvalue weighted by Crippen LogP contribution is -2.53. The highest BCUT2D eigenvalue weighted by Gasteiger charge is 2.47. The van der Waals surface area contributed by atoms with Gasteiger partial charge < -0.3 is 10.8 Å². The van der Waals surface area contributed by atoms with Crippen LogP contribution in [0.3, 0.4) is 0 Å². The molecule has 1 fully saturated rings. The number of primary amides is 1. The van der Waals surface area contributed by atoms with E-state index in [2.05, 4.69) is 5.32 Å². The molecule has 1 saturated carbocycles. The molecule has 0 aromatic rings. The Morgan fingerprint density at radius 1 is 1.62 bits per heavy atom. The Balaban J connectivity index is 2.56. The Labute approximate surface area is 76.3 Å². The Morgan fingerprint density at radius 2 is 2.15 bits per heavy atom.